The molecule has 0 spiro atoms. The Hall–Kier alpha value is -0.880. The zero-order valence-electron chi connectivity index (χ0n) is 12.5. The molecule has 5 nitrogen and oxygen atoms in total. The van der Waals surface area contributed by atoms with E-state index < -0.39 is 0 Å². The van der Waals surface area contributed by atoms with E-state index in [1.165, 1.54) is 5.56 Å². The maximum Gasteiger partial charge on any atom is 0.120 e. The Morgan fingerprint density at radius 1 is 1.50 bits per heavy atom. The summed E-state index contributed by atoms with van der Waals surface area (Å²) in [5.74, 6) is 1.03. The van der Waals surface area contributed by atoms with E-state index in [-0.39, 0.29) is 6.10 Å². The van der Waals surface area contributed by atoms with Gasteiger partial charge in [-0.05, 0) is 44.5 Å². The Labute approximate surface area is 120 Å². The molecule has 1 aliphatic rings. The number of β-amino-alcohol motifs (C(OH)–C–C–N with tert-alkyl or cyclic N) is 1. The van der Waals surface area contributed by atoms with E-state index in [1.54, 1.807) is 13.4 Å². The first-order chi connectivity index (χ1) is 9.69. The molecule has 1 saturated heterocycles. The van der Waals surface area contributed by atoms with Gasteiger partial charge in [0.1, 0.15) is 5.76 Å². The minimum Gasteiger partial charge on any atom is -0.468 e. The summed E-state index contributed by atoms with van der Waals surface area (Å²) in [6, 6.07) is 2.53. The van der Waals surface area contributed by atoms with E-state index in [2.05, 4.69) is 17.1 Å². The standard InChI is InChI=1S/C15H26N2O3/c1-12-5-8-20-15(12)9-16-13-3-6-17(7-4-13)10-14(18)11-19-2/h5,8,13-14,16,18H,3-4,6-7,9-11H2,1-2H3. The molecule has 2 N–H and O–H groups in total. The van der Waals surface area contributed by atoms with Gasteiger partial charge in [0.15, 0.2) is 0 Å². The van der Waals surface area contributed by atoms with Crippen LogP contribution in [0.15, 0.2) is 16.7 Å². The van der Waals surface area contributed by atoms with Crippen LogP contribution in [0.2, 0.25) is 0 Å². The lowest BCUT2D eigenvalue weighted by molar-refractivity contribution is 0.0310. The van der Waals surface area contributed by atoms with Crippen molar-refractivity contribution in [2.24, 2.45) is 0 Å². The third-order valence-corrected chi connectivity index (χ3v) is 3.94. The zero-order chi connectivity index (χ0) is 14.4. The topological polar surface area (TPSA) is 57.9 Å². The second kappa shape index (κ2) is 7.78. The fourth-order valence-corrected chi connectivity index (χ4v) is 2.69. The number of furan rings is 1. The smallest absolute Gasteiger partial charge is 0.120 e. The van der Waals surface area contributed by atoms with Crippen molar-refractivity contribution in [3.05, 3.63) is 23.7 Å². The monoisotopic (exact) mass is 282 g/mol. The molecule has 1 atom stereocenters. The van der Waals surface area contributed by atoms with Gasteiger partial charge in [0.05, 0.1) is 25.5 Å². The van der Waals surface area contributed by atoms with E-state index in [0.29, 0.717) is 19.2 Å². The molecule has 0 saturated carbocycles. The highest BCUT2D eigenvalue weighted by atomic mass is 16.5. The van der Waals surface area contributed by atoms with Crippen molar-refractivity contribution < 1.29 is 14.3 Å². The average Bonchev–Trinajstić information content (AvgIpc) is 2.84. The fraction of sp³-hybridized carbons (Fsp3) is 0.733. The van der Waals surface area contributed by atoms with Gasteiger partial charge in [0.25, 0.3) is 0 Å². The number of nitrogens with zero attached hydrogens (tertiary/aromatic N) is 1. The van der Waals surface area contributed by atoms with Crippen molar-refractivity contribution in [2.75, 3.05) is 33.4 Å². The van der Waals surface area contributed by atoms with Crippen molar-refractivity contribution in [3.8, 4) is 0 Å². The highest BCUT2D eigenvalue weighted by molar-refractivity contribution is 5.14. The molecular weight excluding hydrogens is 256 g/mol. The van der Waals surface area contributed by atoms with Gasteiger partial charge in [-0.1, -0.05) is 0 Å². The van der Waals surface area contributed by atoms with Gasteiger partial charge >= 0.3 is 0 Å². The molecular formula is C15H26N2O3. The molecule has 2 rings (SSSR count). The van der Waals surface area contributed by atoms with Crippen LogP contribution in [0, 0.1) is 6.92 Å². The first-order valence-electron chi connectivity index (χ1n) is 7.34. The average molecular weight is 282 g/mol. The number of piperidine rings is 1. The summed E-state index contributed by atoms with van der Waals surface area (Å²) in [5.41, 5.74) is 1.21. The van der Waals surface area contributed by atoms with Gasteiger partial charge in [0, 0.05) is 19.7 Å². The number of rotatable bonds is 7. The van der Waals surface area contributed by atoms with E-state index in [1.807, 2.05) is 6.07 Å². The number of aliphatic hydroxyl groups excluding tert-OH is 1. The first-order valence-corrected chi connectivity index (χ1v) is 7.34. The molecule has 0 amide bonds. The Balaban J connectivity index is 1.65. The quantitative estimate of drug-likeness (QED) is 0.785. The molecule has 1 aromatic heterocycles. The maximum atomic E-state index is 9.73. The lowest BCUT2D eigenvalue weighted by Crippen LogP contribution is -2.45. The highest BCUT2D eigenvalue weighted by Crippen LogP contribution is 2.13. The molecule has 0 radical (unpaired) electrons. The van der Waals surface area contributed by atoms with Crippen LogP contribution in [-0.2, 0) is 11.3 Å². The molecule has 114 valence electrons. The number of hydrogen-bond acceptors (Lipinski definition) is 5. The number of methoxy groups -OCH3 is 1. The Morgan fingerprint density at radius 3 is 2.85 bits per heavy atom. The van der Waals surface area contributed by atoms with Gasteiger partial charge < -0.3 is 24.5 Å². The molecule has 0 aliphatic carbocycles. The van der Waals surface area contributed by atoms with Gasteiger partial charge in [0.2, 0.25) is 0 Å². The van der Waals surface area contributed by atoms with Crippen LogP contribution in [0.5, 0.6) is 0 Å². The minimum atomic E-state index is -0.379. The molecule has 1 aromatic rings. The van der Waals surface area contributed by atoms with Gasteiger partial charge in [-0.3, -0.25) is 0 Å². The number of aryl methyl sites for hydroxylation is 1. The van der Waals surface area contributed by atoms with Gasteiger partial charge in [-0.15, -0.1) is 0 Å². The van der Waals surface area contributed by atoms with E-state index in [4.69, 9.17) is 9.15 Å². The van der Waals surface area contributed by atoms with Crippen LogP contribution in [0.3, 0.4) is 0 Å². The molecule has 1 unspecified atom stereocenters. The summed E-state index contributed by atoms with van der Waals surface area (Å²) >= 11 is 0. The summed E-state index contributed by atoms with van der Waals surface area (Å²) < 4.78 is 10.4. The van der Waals surface area contributed by atoms with Crippen molar-refractivity contribution >= 4 is 0 Å². The minimum absolute atomic E-state index is 0.379. The fourth-order valence-electron chi connectivity index (χ4n) is 2.69. The Morgan fingerprint density at radius 2 is 2.25 bits per heavy atom. The number of aliphatic hydroxyl groups is 1. The number of likely N-dealkylation sites (tertiary alicyclic amines) is 1. The van der Waals surface area contributed by atoms with E-state index in [9.17, 15) is 5.11 Å². The van der Waals surface area contributed by atoms with Crippen molar-refractivity contribution in [1.29, 1.82) is 0 Å². The van der Waals surface area contributed by atoms with Crippen LogP contribution in [-0.4, -0.2) is 55.5 Å². The zero-order valence-corrected chi connectivity index (χ0v) is 12.5. The van der Waals surface area contributed by atoms with E-state index in [0.717, 1.165) is 38.2 Å². The number of hydrogen-bond donors (Lipinski definition) is 2. The molecule has 1 aliphatic heterocycles. The normalized spacial score (nSPS) is 19.4. The van der Waals surface area contributed by atoms with Crippen molar-refractivity contribution in [2.45, 2.75) is 38.5 Å². The summed E-state index contributed by atoms with van der Waals surface area (Å²) in [4.78, 5) is 2.31. The predicted octanol–water partition coefficient (Wildman–Crippen LogP) is 1.15. The summed E-state index contributed by atoms with van der Waals surface area (Å²) in [6.07, 6.45) is 3.58. The van der Waals surface area contributed by atoms with Crippen LogP contribution in [0.1, 0.15) is 24.2 Å². The molecule has 20 heavy (non-hydrogen) atoms. The van der Waals surface area contributed by atoms with Crippen LogP contribution < -0.4 is 5.32 Å². The van der Waals surface area contributed by atoms with Gasteiger partial charge in [-0.25, -0.2) is 0 Å². The summed E-state index contributed by atoms with van der Waals surface area (Å²) in [6.45, 7) is 6.04. The molecule has 5 heteroatoms. The molecule has 0 aromatic carbocycles. The lowest BCUT2D eigenvalue weighted by Gasteiger charge is -2.33. The van der Waals surface area contributed by atoms with Crippen LogP contribution in [0.25, 0.3) is 0 Å². The summed E-state index contributed by atoms with van der Waals surface area (Å²) in [7, 11) is 1.62. The Kier molecular flexibility index (Phi) is 6.04. The summed E-state index contributed by atoms with van der Waals surface area (Å²) in [5, 5.41) is 13.3. The second-order valence-corrected chi connectivity index (χ2v) is 5.59. The number of nitrogens with one attached hydrogen (secondary N) is 1. The lowest BCUT2D eigenvalue weighted by atomic mass is 10.0. The second-order valence-electron chi connectivity index (χ2n) is 5.59. The highest BCUT2D eigenvalue weighted by Gasteiger charge is 2.20. The Bertz CT molecular complexity index is 386. The van der Waals surface area contributed by atoms with E-state index >= 15 is 0 Å². The molecule has 1 fully saturated rings. The SMILES string of the molecule is COCC(O)CN1CCC(NCc2occc2C)CC1. The van der Waals surface area contributed by atoms with Crippen LogP contribution in [0.4, 0.5) is 0 Å². The molecule has 0 bridgehead atoms. The van der Waals surface area contributed by atoms with Gasteiger partial charge in [-0.2, -0.15) is 0 Å². The van der Waals surface area contributed by atoms with Crippen LogP contribution >= 0.6 is 0 Å². The predicted molar refractivity (Wildman–Crippen MR) is 77.6 cm³/mol. The maximum absolute atomic E-state index is 9.73. The third kappa shape index (κ3) is 4.59. The number of ether oxygens (including phenoxy) is 1. The third-order valence-electron chi connectivity index (χ3n) is 3.94. The largest absolute Gasteiger partial charge is 0.468 e. The molecule has 2 heterocycles. The van der Waals surface area contributed by atoms with Crippen molar-refractivity contribution in [1.82, 2.24) is 10.2 Å². The van der Waals surface area contributed by atoms with Crippen molar-refractivity contribution in [3.63, 3.8) is 0 Å². The first kappa shape index (κ1) is 15.5.